The number of aryl methyl sites for hydroxylation is 1. The summed E-state index contributed by atoms with van der Waals surface area (Å²) in [4.78, 5) is 25.7. The Morgan fingerprint density at radius 1 is 1.11 bits per heavy atom. The first-order valence-electron chi connectivity index (χ1n) is 13.3. The van der Waals surface area contributed by atoms with Gasteiger partial charge < -0.3 is 19.3 Å². The molecule has 2 aliphatic heterocycles. The lowest BCUT2D eigenvalue weighted by Crippen LogP contribution is -2.42. The van der Waals surface area contributed by atoms with Crippen molar-refractivity contribution in [3.05, 3.63) is 41.7 Å². The summed E-state index contributed by atoms with van der Waals surface area (Å²) in [6.07, 6.45) is 11.3. The summed E-state index contributed by atoms with van der Waals surface area (Å²) in [6.45, 7) is 6.74. The summed E-state index contributed by atoms with van der Waals surface area (Å²) in [5, 5.41) is 0. The molecule has 2 aromatic rings. The Labute approximate surface area is 208 Å². The Bertz CT molecular complexity index is 1000. The van der Waals surface area contributed by atoms with E-state index >= 15 is 0 Å². The molecule has 1 amide bonds. The first-order valence-corrected chi connectivity index (χ1v) is 13.3. The minimum absolute atomic E-state index is 0.177. The Balaban J connectivity index is 1.03. The van der Waals surface area contributed by atoms with E-state index in [1.54, 1.807) is 7.11 Å². The van der Waals surface area contributed by atoms with Crippen LogP contribution in [0.25, 0.3) is 0 Å². The third-order valence-electron chi connectivity index (χ3n) is 8.07. The lowest BCUT2D eigenvalue weighted by molar-refractivity contribution is -0.133. The van der Waals surface area contributed by atoms with Crippen molar-refractivity contribution in [2.75, 3.05) is 44.8 Å². The van der Waals surface area contributed by atoms with Gasteiger partial charge in [-0.15, -0.1) is 0 Å². The van der Waals surface area contributed by atoms with Gasteiger partial charge in [0.25, 0.3) is 0 Å². The number of ether oxygens (including phenoxy) is 2. The van der Waals surface area contributed by atoms with Gasteiger partial charge in [-0.25, -0.2) is 9.97 Å². The molecule has 0 bridgehead atoms. The van der Waals surface area contributed by atoms with Gasteiger partial charge >= 0.3 is 0 Å². The molecule has 1 aromatic heterocycles. The molecule has 7 heteroatoms. The summed E-state index contributed by atoms with van der Waals surface area (Å²) < 4.78 is 11.6. The van der Waals surface area contributed by atoms with Gasteiger partial charge in [-0.05, 0) is 67.9 Å². The van der Waals surface area contributed by atoms with Crippen LogP contribution < -0.4 is 14.4 Å². The average Bonchev–Trinajstić information content (AvgIpc) is 3.63. The highest BCUT2D eigenvalue weighted by Gasteiger charge is 2.43. The number of nitrogens with zero attached hydrogens (tertiary/aromatic N) is 4. The van der Waals surface area contributed by atoms with Crippen LogP contribution in [0, 0.1) is 17.8 Å². The third kappa shape index (κ3) is 5.71. The average molecular weight is 479 g/mol. The van der Waals surface area contributed by atoms with Crippen LogP contribution in [0.1, 0.15) is 50.2 Å². The van der Waals surface area contributed by atoms with E-state index in [1.165, 1.54) is 24.8 Å². The lowest BCUT2D eigenvalue weighted by atomic mass is 9.90. The van der Waals surface area contributed by atoms with Gasteiger partial charge in [0.2, 0.25) is 11.9 Å². The molecular formula is C28H38N4O3. The molecule has 1 aliphatic carbocycles. The second-order valence-electron chi connectivity index (χ2n) is 10.3. The first-order chi connectivity index (χ1) is 17.1. The van der Waals surface area contributed by atoms with E-state index in [2.05, 4.69) is 21.8 Å². The fourth-order valence-electron chi connectivity index (χ4n) is 5.53. The van der Waals surface area contributed by atoms with Crippen molar-refractivity contribution < 1.29 is 14.3 Å². The molecule has 7 nitrogen and oxygen atoms in total. The zero-order chi connectivity index (χ0) is 24.2. The molecule has 3 aliphatic rings. The number of rotatable bonds is 10. The number of carbonyl (C=O) groups excluding carboxylic acids is 1. The molecule has 0 N–H and O–H groups in total. The highest BCUT2D eigenvalue weighted by molar-refractivity contribution is 5.80. The molecule has 3 heterocycles. The van der Waals surface area contributed by atoms with Crippen LogP contribution in [-0.4, -0.2) is 60.7 Å². The normalized spacial score (nSPS) is 22.0. The fraction of sp³-hybridized carbons (Fsp3) is 0.607. The maximum Gasteiger partial charge on any atom is 0.227 e. The largest absolute Gasteiger partial charge is 0.496 e. The number of carbonyl (C=O) groups is 1. The number of hydrogen-bond acceptors (Lipinski definition) is 6. The Morgan fingerprint density at radius 3 is 2.54 bits per heavy atom. The maximum absolute atomic E-state index is 12.3. The molecule has 3 fully saturated rings. The summed E-state index contributed by atoms with van der Waals surface area (Å²) in [6, 6.07) is 5.86. The van der Waals surface area contributed by atoms with Crippen LogP contribution in [0.4, 0.5) is 5.95 Å². The predicted octanol–water partition coefficient (Wildman–Crippen LogP) is 4.14. The van der Waals surface area contributed by atoms with Crippen molar-refractivity contribution >= 4 is 11.9 Å². The highest BCUT2D eigenvalue weighted by Crippen LogP contribution is 2.49. The predicted molar refractivity (Wildman–Crippen MR) is 136 cm³/mol. The van der Waals surface area contributed by atoms with Gasteiger partial charge in [0.05, 0.1) is 20.1 Å². The number of likely N-dealkylation sites (tertiary alicyclic amines) is 1. The number of methoxy groups -OCH3 is 1. The zero-order valence-electron chi connectivity index (χ0n) is 21.1. The van der Waals surface area contributed by atoms with E-state index in [4.69, 9.17) is 9.47 Å². The Morgan fingerprint density at radius 2 is 1.89 bits per heavy atom. The van der Waals surface area contributed by atoms with Gasteiger partial charge in [-0.2, -0.15) is 0 Å². The quantitative estimate of drug-likeness (QED) is 0.511. The van der Waals surface area contributed by atoms with E-state index in [0.717, 1.165) is 92.8 Å². The van der Waals surface area contributed by atoms with E-state index in [-0.39, 0.29) is 5.91 Å². The zero-order valence-corrected chi connectivity index (χ0v) is 21.1. The van der Waals surface area contributed by atoms with Crippen LogP contribution in [0.3, 0.4) is 0 Å². The molecule has 5 rings (SSSR count). The summed E-state index contributed by atoms with van der Waals surface area (Å²) >= 11 is 0. The number of benzene rings is 1. The van der Waals surface area contributed by atoms with Gasteiger partial charge in [-0.1, -0.05) is 13.0 Å². The minimum Gasteiger partial charge on any atom is -0.496 e. The van der Waals surface area contributed by atoms with E-state index < -0.39 is 0 Å². The molecule has 0 radical (unpaired) electrons. The fourth-order valence-corrected chi connectivity index (χ4v) is 5.53. The van der Waals surface area contributed by atoms with E-state index in [1.807, 2.05) is 35.5 Å². The minimum atomic E-state index is 0.177. The molecule has 188 valence electrons. The standard InChI is InChI=1S/C28H38N4O3/c1-3-20-18-29-28(30-19-20)32-12-7-21(8-13-32)25-15-22(25)9-14-35-24-6-5-23(26(17-24)34-2)16-27(33)31-10-4-11-31/h5-6,17-19,21-22,25H,3-4,7-16H2,1-2H3/t22-,25-/m1/s1. The number of hydrogen-bond donors (Lipinski definition) is 0. The third-order valence-corrected chi connectivity index (χ3v) is 8.07. The van der Waals surface area contributed by atoms with E-state index in [0.29, 0.717) is 6.42 Å². The number of amides is 1. The first kappa shape index (κ1) is 23.9. The van der Waals surface area contributed by atoms with Crippen LogP contribution in [0.15, 0.2) is 30.6 Å². The van der Waals surface area contributed by atoms with Crippen molar-refractivity contribution in [3.8, 4) is 11.5 Å². The smallest absolute Gasteiger partial charge is 0.227 e. The molecule has 1 aromatic carbocycles. The van der Waals surface area contributed by atoms with Gasteiger partial charge in [0, 0.05) is 50.2 Å². The van der Waals surface area contributed by atoms with E-state index in [9.17, 15) is 4.79 Å². The summed E-state index contributed by atoms with van der Waals surface area (Å²) in [5.74, 6) is 5.05. The van der Waals surface area contributed by atoms with Crippen LogP contribution in [0.2, 0.25) is 0 Å². The summed E-state index contributed by atoms with van der Waals surface area (Å²) in [5.41, 5.74) is 2.12. The molecule has 2 saturated heterocycles. The number of anilines is 1. The highest BCUT2D eigenvalue weighted by atomic mass is 16.5. The van der Waals surface area contributed by atoms with Crippen LogP contribution in [0.5, 0.6) is 11.5 Å². The molecule has 1 saturated carbocycles. The maximum atomic E-state index is 12.3. The van der Waals surface area contributed by atoms with Gasteiger partial charge in [0.1, 0.15) is 11.5 Å². The monoisotopic (exact) mass is 478 g/mol. The molecular weight excluding hydrogens is 440 g/mol. The number of aromatic nitrogens is 2. The van der Waals surface area contributed by atoms with Crippen LogP contribution in [-0.2, 0) is 17.6 Å². The van der Waals surface area contributed by atoms with Gasteiger partial charge in [-0.3, -0.25) is 4.79 Å². The van der Waals surface area contributed by atoms with Gasteiger partial charge in [0.15, 0.2) is 0 Å². The lowest BCUT2D eigenvalue weighted by Gasteiger charge is -2.32. The Kier molecular flexibility index (Phi) is 7.40. The molecule has 2 atom stereocenters. The Hall–Kier alpha value is -2.83. The summed E-state index contributed by atoms with van der Waals surface area (Å²) in [7, 11) is 1.66. The molecule has 0 unspecified atom stereocenters. The molecule has 35 heavy (non-hydrogen) atoms. The topological polar surface area (TPSA) is 67.8 Å². The van der Waals surface area contributed by atoms with Crippen molar-refractivity contribution in [2.24, 2.45) is 17.8 Å². The molecule has 0 spiro atoms. The van der Waals surface area contributed by atoms with Crippen molar-refractivity contribution in [1.29, 1.82) is 0 Å². The second-order valence-corrected chi connectivity index (χ2v) is 10.3. The van der Waals surface area contributed by atoms with Crippen LogP contribution >= 0.6 is 0 Å². The SMILES string of the molecule is CCc1cnc(N2CCC([C@H]3C[C@H]3CCOc3ccc(CC(=O)N4CCC4)c(OC)c3)CC2)nc1. The van der Waals surface area contributed by atoms with Crippen molar-refractivity contribution in [3.63, 3.8) is 0 Å². The van der Waals surface area contributed by atoms with Crippen molar-refractivity contribution in [1.82, 2.24) is 14.9 Å². The second kappa shape index (κ2) is 10.8. The number of piperidine rings is 1. The van der Waals surface area contributed by atoms with Crippen molar-refractivity contribution in [2.45, 2.75) is 51.9 Å².